The maximum absolute atomic E-state index is 5.80. The van der Waals surface area contributed by atoms with Gasteiger partial charge in [-0.15, -0.1) is 0 Å². The van der Waals surface area contributed by atoms with Gasteiger partial charge in [-0.05, 0) is 61.0 Å². The second-order valence-corrected chi connectivity index (χ2v) is 8.28. The van der Waals surface area contributed by atoms with Crippen LogP contribution >= 0.6 is 12.2 Å². The Kier molecular flexibility index (Phi) is 5.02. The number of rotatable bonds is 5. The van der Waals surface area contributed by atoms with Gasteiger partial charge in [-0.1, -0.05) is 25.0 Å². The van der Waals surface area contributed by atoms with Crippen molar-refractivity contribution in [2.24, 2.45) is 0 Å². The minimum atomic E-state index is 0.0235. The lowest BCUT2D eigenvalue weighted by molar-refractivity contribution is 0.290. The monoisotopic (exact) mass is 403 g/mol. The average molecular weight is 404 g/mol. The predicted molar refractivity (Wildman–Crippen MR) is 117 cm³/mol. The van der Waals surface area contributed by atoms with E-state index in [1.165, 1.54) is 31.4 Å². The number of thiocarbonyl (C=S) groups is 1. The van der Waals surface area contributed by atoms with Crippen molar-refractivity contribution in [1.29, 1.82) is 0 Å². The molecule has 1 N–H and O–H groups in total. The summed E-state index contributed by atoms with van der Waals surface area (Å²) in [6.45, 7) is 0.726. The van der Waals surface area contributed by atoms with Crippen LogP contribution in [0.4, 0.5) is 0 Å². The van der Waals surface area contributed by atoms with Gasteiger partial charge >= 0.3 is 0 Å². The van der Waals surface area contributed by atoms with Gasteiger partial charge in [-0.25, -0.2) is 0 Å². The standard InChI is InChI=1S/C23H25N5S/c29-23-26-21(19-10-3-4-13-25-19)22(28(23)16-17-7-5-12-24-15-17)20-11-6-14-27(20)18-8-1-2-9-18/h3-7,10-15,18,21-22H,1-2,8-9,16H2,(H,26,29)/t21-,22+/m1/s1. The summed E-state index contributed by atoms with van der Waals surface area (Å²) in [5.41, 5.74) is 3.48. The molecule has 5 rings (SSSR count). The first kappa shape index (κ1) is 18.3. The van der Waals surface area contributed by atoms with E-state index >= 15 is 0 Å². The summed E-state index contributed by atoms with van der Waals surface area (Å²) < 4.78 is 2.49. The minimum Gasteiger partial charge on any atom is -0.352 e. The van der Waals surface area contributed by atoms with E-state index < -0.39 is 0 Å². The lowest BCUT2D eigenvalue weighted by atomic mass is 10.0. The molecule has 2 aliphatic rings. The maximum atomic E-state index is 5.80. The largest absolute Gasteiger partial charge is 0.352 e. The van der Waals surface area contributed by atoms with Crippen LogP contribution in [-0.4, -0.2) is 24.5 Å². The summed E-state index contributed by atoms with van der Waals surface area (Å²) in [4.78, 5) is 11.2. The molecule has 1 aliphatic heterocycles. The van der Waals surface area contributed by atoms with Crippen molar-refractivity contribution in [3.8, 4) is 0 Å². The zero-order valence-electron chi connectivity index (χ0n) is 16.3. The van der Waals surface area contributed by atoms with Crippen LogP contribution in [-0.2, 0) is 6.54 Å². The Balaban J connectivity index is 1.56. The third-order valence-corrected chi connectivity index (χ3v) is 6.46. The molecule has 0 unspecified atom stereocenters. The number of nitrogens with one attached hydrogen (secondary N) is 1. The first-order chi connectivity index (χ1) is 14.3. The van der Waals surface area contributed by atoms with Crippen LogP contribution in [0.5, 0.6) is 0 Å². The highest BCUT2D eigenvalue weighted by Crippen LogP contribution is 2.42. The van der Waals surface area contributed by atoms with Gasteiger partial charge < -0.3 is 14.8 Å². The van der Waals surface area contributed by atoms with E-state index in [9.17, 15) is 0 Å². The van der Waals surface area contributed by atoms with Crippen molar-refractivity contribution in [3.05, 3.63) is 84.2 Å². The molecule has 5 nitrogen and oxygen atoms in total. The summed E-state index contributed by atoms with van der Waals surface area (Å²) in [6, 6.07) is 15.3. The molecule has 3 aromatic heterocycles. The molecule has 3 aromatic rings. The average Bonchev–Trinajstić information content (AvgIpc) is 3.50. The van der Waals surface area contributed by atoms with E-state index in [0.29, 0.717) is 6.04 Å². The predicted octanol–water partition coefficient (Wildman–Crippen LogP) is 4.57. The number of aromatic nitrogens is 3. The molecule has 0 spiro atoms. The lowest BCUT2D eigenvalue weighted by Gasteiger charge is -2.30. The van der Waals surface area contributed by atoms with Gasteiger partial charge in [-0.2, -0.15) is 0 Å². The summed E-state index contributed by atoms with van der Waals surface area (Å²) >= 11 is 5.80. The summed E-state index contributed by atoms with van der Waals surface area (Å²) in [6.07, 6.45) is 13.0. The molecule has 0 bridgehead atoms. The normalized spacial score (nSPS) is 22.2. The van der Waals surface area contributed by atoms with Gasteiger partial charge in [0, 0.05) is 43.1 Å². The zero-order chi connectivity index (χ0) is 19.6. The lowest BCUT2D eigenvalue weighted by Crippen LogP contribution is -2.30. The highest BCUT2D eigenvalue weighted by molar-refractivity contribution is 7.80. The molecule has 4 heterocycles. The Morgan fingerprint density at radius 2 is 1.93 bits per heavy atom. The quantitative estimate of drug-likeness (QED) is 0.633. The van der Waals surface area contributed by atoms with Gasteiger partial charge in [0.05, 0.1) is 17.8 Å². The number of pyridine rings is 2. The summed E-state index contributed by atoms with van der Waals surface area (Å²) in [7, 11) is 0. The molecule has 1 saturated carbocycles. The Morgan fingerprint density at radius 1 is 1.03 bits per heavy atom. The third-order valence-electron chi connectivity index (χ3n) is 6.11. The Morgan fingerprint density at radius 3 is 2.69 bits per heavy atom. The van der Waals surface area contributed by atoms with Crippen molar-refractivity contribution in [2.45, 2.75) is 50.4 Å². The molecule has 0 amide bonds. The number of hydrogen-bond acceptors (Lipinski definition) is 3. The molecule has 29 heavy (non-hydrogen) atoms. The fraction of sp³-hybridized carbons (Fsp3) is 0.348. The van der Waals surface area contributed by atoms with Crippen LogP contribution in [0, 0.1) is 0 Å². The first-order valence-electron chi connectivity index (χ1n) is 10.3. The summed E-state index contributed by atoms with van der Waals surface area (Å²) in [5, 5.41) is 4.33. The van der Waals surface area contributed by atoms with Crippen molar-refractivity contribution in [1.82, 2.24) is 24.8 Å². The third kappa shape index (κ3) is 3.53. The van der Waals surface area contributed by atoms with Crippen molar-refractivity contribution < 1.29 is 0 Å². The molecular formula is C23H25N5S. The molecule has 0 aromatic carbocycles. The Hall–Kier alpha value is -2.73. The fourth-order valence-corrected chi connectivity index (χ4v) is 5.06. The smallest absolute Gasteiger partial charge is 0.170 e. The molecule has 6 heteroatoms. The van der Waals surface area contributed by atoms with Gasteiger partial charge in [-0.3, -0.25) is 9.97 Å². The Bertz CT molecular complexity index is 965. The van der Waals surface area contributed by atoms with Crippen molar-refractivity contribution in [3.63, 3.8) is 0 Å². The second kappa shape index (κ2) is 7.95. The highest BCUT2D eigenvalue weighted by atomic mass is 32.1. The van der Waals surface area contributed by atoms with Crippen LogP contribution in [0.3, 0.4) is 0 Å². The molecule has 2 fully saturated rings. The second-order valence-electron chi connectivity index (χ2n) is 7.89. The topological polar surface area (TPSA) is 46.0 Å². The van der Waals surface area contributed by atoms with Crippen molar-refractivity contribution in [2.75, 3.05) is 0 Å². The van der Waals surface area contributed by atoms with E-state index in [1.54, 1.807) is 0 Å². The zero-order valence-corrected chi connectivity index (χ0v) is 17.1. The highest BCUT2D eigenvalue weighted by Gasteiger charge is 2.41. The number of hydrogen-bond donors (Lipinski definition) is 1. The van der Waals surface area contributed by atoms with E-state index in [-0.39, 0.29) is 12.1 Å². The van der Waals surface area contributed by atoms with Crippen LogP contribution in [0.2, 0.25) is 0 Å². The SMILES string of the molecule is S=C1N[C@H](c2ccccn2)[C@H](c2cccn2C2CCCC2)N1Cc1cccnc1. The fourth-order valence-electron chi connectivity index (χ4n) is 4.76. The van der Waals surface area contributed by atoms with E-state index in [2.05, 4.69) is 55.2 Å². The van der Waals surface area contributed by atoms with E-state index in [4.69, 9.17) is 12.2 Å². The van der Waals surface area contributed by atoms with Gasteiger partial charge in [0.1, 0.15) is 0 Å². The van der Waals surface area contributed by atoms with Crippen LogP contribution in [0.15, 0.2) is 67.3 Å². The van der Waals surface area contributed by atoms with Crippen LogP contribution in [0.25, 0.3) is 0 Å². The van der Waals surface area contributed by atoms with Crippen LogP contribution < -0.4 is 5.32 Å². The van der Waals surface area contributed by atoms with Crippen LogP contribution in [0.1, 0.15) is 60.8 Å². The molecule has 1 saturated heterocycles. The van der Waals surface area contributed by atoms with E-state index in [1.807, 2.05) is 36.8 Å². The number of nitrogens with zero attached hydrogens (tertiary/aromatic N) is 4. The van der Waals surface area contributed by atoms with Gasteiger partial charge in [0.15, 0.2) is 5.11 Å². The molecule has 1 aliphatic carbocycles. The molecule has 2 atom stereocenters. The summed E-state index contributed by atoms with van der Waals surface area (Å²) in [5.74, 6) is 0. The molecular weight excluding hydrogens is 378 g/mol. The van der Waals surface area contributed by atoms with E-state index in [0.717, 1.165) is 22.9 Å². The maximum Gasteiger partial charge on any atom is 0.170 e. The molecule has 0 radical (unpaired) electrons. The van der Waals surface area contributed by atoms with Crippen molar-refractivity contribution >= 4 is 17.3 Å². The Labute approximate surface area is 176 Å². The molecule has 148 valence electrons. The first-order valence-corrected chi connectivity index (χ1v) is 10.8. The van der Waals surface area contributed by atoms with Gasteiger partial charge in [0.25, 0.3) is 0 Å². The van der Waals surface area contributed by atoms with Gasteiger partial charge in [0.2, 0.25) is 0 Å². The minimum absolute atomic E-state index is 0.0235.